The lowest BCUT2D eigenvalue weighted by Gasteiger charge is -2.28. The molecule has 0 radical (unpaired) electrons. The number of nitrogens with zero attached hydrogens (tertiary/aromatic N) is 2. The van der Waals surface area contributed by atoms with Gasteiger partial charge in [0.15, 0.2) is 17.6 Å². The van der Waals surface area contributed by atoms with E-state index >= 15 is 0 Å². The first-order valence-corrected chi connectivity index (χ1v) is 6.94. The van der Waals surface area contributed by atoms with E-state index in [9.17, 15) is 0 Å². The summed E-state index contributed by atoms with van der Waals surface area (Å²) in [6.07, 6.45) is 3.86. The average molecular weight is 272 g/mol. The Kier molecular flexibility index (Phi) is 3.16. The summed E-state index contributed by atoms with van der Waals surface area (Å²) in [5.41, 5.74) is 0.0247. The van der Waals surface area contributed by atoms with Crippen LogP contribution in [0.15, 0.2) is 36.7 Å². The van der Waals surface area contributed by atoms with Gasteiger partial charge >= 0.3 is 0 Å². The van der Waals surface area contributed by atoms with Crippen molar-refractivity contribution in [2.24, 2.45) is 0 Å². The SMILES string of the molecule is CC(C)(C)c1nccn1C[C@@H]1COc2ccccc2O1. The van der Waals surface area contributed by atoms with E-state index in [2.05, 4.69) is 30.3 Å². The topological polar surface area (TPSA) is 36.3 Å². The van der Waals surface area contributed by atoms with E-state index in [0.717, 1.165) is 23.9 Å². The van der Waals surface area contributed by atoms with Gasteiger partial charge in [-0.1, -0.05) is 32.9 Å². The smallest absolute Gasteiger partial charge is 0.161 e. The fourth-order valence-corrected chi connectivity index (χ4v) is 2.47. The van der Waals surface area contributed by atoms with Gasteiger partial charge in [-0.3, -0.25) is 0 Å². The summed E-state index contributed by atoms with van der Waals surface area (Å²) in [4.78, 5) is 4.46. The second kappa shape index (κ2) is 4.85. The molecule has 1 atom stereocenters. The molecular formula is C16H20N2O2. The molecule has 1 aliphatic rings. The van der Waals surface area contributed by atoms with Gasteiger partial charge in [-0.25, -0.2) is 4.98 Å². The number of fused-ring (bicyclic) bond motifs is 1. The van der Waals surface area contributed by atoms with Crippen molar-refractivity contribution in [3.8, 4) is 11.5 Å². The van der Waals surface area contributed by atoms with E-state index in [4.69, 9.17) is 9.47 Å². The minimum atomic E-state index is 0.0141. The highest BCUT2D eigenvalue weighted by Gasteiger charge is 2.25. The van der Waals surface area contributed by atoms with Crippen LogP contribution in [-0.2, 0) is 12.0 Å². The Balaban J connectivity index is 1.76. The number of benzene rings is 1. The van der Waals surface area contributed by atoms with Gasteiger partial charge in [0.25, 0.3) is 0 Å². The van der Waals surface area contributed by atoms with Gasteiger partial charge in [-0.05, 0) is 12.1 Å². The third-order valence-electron chi connectivity index (χ3n) is 3.35. The lowest BCUT2D eigenvalue weighted by molar-refractivity contribution is 0.0773. The molecule has 0 fully saturated rings. The van der Waals surface area contributed by atoms with E-state index in [1.165, 1.54) is 0 Å². The van der Waals surface area contributed by atoms with Crippen LogP contribution in [-0.4, -0.2) is 22.3 Å². The number of ether oxygens (including phenoxy) is 2. The maximum atomic E-state index is 6.00. The third-order valence-corrected chi connectivity index (χ3v) is 3.35. The molecule has 0 unspecified atom stereocenters. The normalized spacial score (nSPS) is 18.1. The molecule has 0 N–H and O–H groups in total. The van der Waals surface area contributed by atoms with Crippen molar-refractivity contribution in [2.75, 3.05) is 6.61 Å². The van der Waals surface area contributed by atoms with E-state index in [0.29, 0.717) is 6.61 Å². The quantitative estimate of drug-likeness (QED) is 0.843. The Morgan fingerprint density at radius 2 is 2.00 bits per heavy atom. The molecule has 0 aliphatic carbocycles. The minimum absolute atomic E-state index is 0.0141. The fraction of sp³-hybridized carbons (Fsp3) is 0.438. The second-order valence-electron chi connectivity index (χ2n) is 6.15. The number of hydrogen-bond donors (Lipinski definition) is 0. The molecule has 0 saturated heterocycles. The summed E-state index contributed by atoms with van der Waals surface area (Å²) in [7, 11) is 0. The summed E-state index contributed by atoms with van der Waals surface area (Å²) in [6, 6.07) is 7.79. The largest absolute Gasteiger partial charge is 0.486 e. The van der Waals surface area contributed by atoms with Crippen LogP contribution in [0.4, 0.5) is 0 Å². The van der Waals surface area contributed by atoms with Crippen molar-refractivity contribution in [3.05, 3.63) is 42.5 Å². The lowest BCUT2D eigenvalue weighted by atomic mass is 9.95. The minimum Gasteiger partial charge on any atom is -0.486 e. The molecule has 106 valence electrons. The molecule has 4 heteroatoms. The van der Waals surface area contributed by atoms with Crippen molar-refractivity contribution in [2.45, 2.75) is 38.8 Å². The molecular weight excluding hydrogens is 252 g/mol. The molecule has 4 nitrogen and oxygen atoms in total. The van der Waals surface area contributed by atoms with Crippen LogP contribution < -0.4 is 9.47 Å². The van der Waals surface area contributed by atoms with E-state index in [1.807, 2.05) is 36.7 Å². The third kappa shape index (κ3) is 2.50. The predicted molar refractivity (Wildman–Crippen MR) is 77.3 cm³/mol. The molecule has 1 aromatic carbocycles. The Hall–Kier alpha value is -1.97. The monoisotopic (exact) mass is 272 g/mol. The number of hydrogen-bond acceptors (Lipinski definition) is 3. The first kappa shape index (κ1) is 13.0. The zero-order valence-corrected chi connectivity index (χ0v) is 12.2. The zero-order chi connectivity index (χ0) is 14.2. The Morgan fingerprint density at radius 1 is 1.25 bits per heavy atom. The fourth-order valence-electron chi connectivity index (χ4n) is 2.47. The number of rotatable bonds is 2. The summed E-state index contributed by atoms with van der Waals surface area (Å²) in [6.45, 7) is 7.82. The van der Waals surface area contributed by atoms with Crippen molar-refractivity contribution >= 4 is 0 Å². The van der Waals surface area contributed by atoms with Crippen LogP contribution in [0.25, 0.3) is 0 Å². The van der Waals surface area contributed by atoms with Gasteiger partial charge in [-0.2, -0.15) is 0 Å². The van der Waals surface area contributed by atoms with Gasteiger partial charge in [0.1, 0.15) is 12.4 Å². The van der Waals surface area contributed by atoms with Gasteiger partial charge in [0.05, 0.1) is 6.54 Å². The molecule has 0 amide bonds. The summed E-state index contributed by atoms with van der Waals surface area (Å²) >= 11 is 0. The predicted octanol–water partition coefficient (Wildman–Crippen LogP) is 3.02. The van der Waals surface area contributed by atoms with E-state index in [1.54, 1.807) is 0 Å². The van der Waals surface area contributed by atoms with Crippen LogP contribution in [0.5, 0.6) is 11.5 Å². The first-order valence-electron chi connectivity index (χ1n) is 6.94. The number of para-hydroxylation sites is 2. The lowest BCUT2D eigenvalue weighted by Crippen LogP contribution is -2.34. The highest BCUT2D eigenvalue weighted by Crippen LogP contribution is 2.31. The molecule has 1 aliphatic heterocycles. The van der Waals surface area contributed by atoms with E-state index < -0.39 is 0 Å². The summed E-state index contributed by atoms with van der Waals surface area (Å²) < 4.78 is 13.9. The maximum Gasteiger partial charge on any atom is 0.161 e. The molecule has 0 saturated carbocycles. The summed E-state index contributed by atoms with van der Waals surface area (Å²) in [5.74, 6) is 2.71. The Labute approximate surface area is 119 Å². The molecule has 0 bridgehead atoms. The summed E-state index contributed by atoms with van der Waals surface area (Å²) in [5, 5.41) is 0. The van der Waals surface area contributed by atoms with Crippen LogP contribution in [0.1, 0.15) is 26.6 Å². The standard InChI is InChI=1S/C16H20N2O2/c1-16(2,3)15-17-8-9-18(15)10-12-11-19-13-6-4-5-7-14(13)20-12/h4-9,12H,10-11H2,1-3H3/t12-/m1/s1. The zero-order valence-electron chi connectivity index (χ0n) is 12.2. The maximum absolute atomic E-state index is 6.00. The molecule has 1 aromatic heterocycles. The first-order chi connectivity index (χ1) is 9.54. The molecule has 2 aromatic rings. The van der Waals surface area contributed by atoms with Crippen molar-refractivity contribution < 1.29 is 9.47 Å². The molecule has 20 heavy (non-hydrogen) atoms. The molecule has 2 heterocycles. The van der Waals surface area contributed by atoms with Gasteiger partial charge in [0.2, 0.25) is 0 Å². The van der Waals surface area contributed by atoms with Crippen LogP contribution in [0.3, 0.4) is 0 Å². The van der Waals surface area contributed by atoms with Gasteiger partial charge in [-0.15, -0.1) is 0 Å². The van der Waals surface area contributed by atoms with E-state index in [-0.39, 0.29) is 11.5 Å². The van der Waals surface area contributed by atoms with Gasteiger partial charge in [0, 0.05) is 17.8 Å². The van der Waals surface area contributed by atoms with Crippen molar-refractivity contribution in [1.82, 2.24) is 9.55 Å². The highest BCUT2D eigenvalue weighted by atomic mass is 16.6. The van der Waals surface area contributed by atoms with Crippen LogP contribution in [0, 0.1) is 0 Å². The average Bonchev–Trinajstić information content (AvgIpc) is 2.87. The van der Waals surface area contributed by atoms with Gasteiger partial charge < -0.3 is 14.0 Å². The molecule has 0 spiro atoms. The second-order valence-corrected chi connectivity index (χ2v) is 6.15. The van der Waals surface area contributed by atoms with Crippen molar-refractivity contribution in [1.29, 1.82) is 0 Å². The van der Waals surface area contributed by atoms with Crippen molar-refractivity contribution in [3.63, 3.8) is 0 Å². The van der Waals surface area contributed by atoms with Crippen LogP contribution >= 0.6 is 0 Å². The Bertz CT molecular complexity index is 599. The number of aromatic nitrogens is 2. The molecule has 3 rings (SSSR count). The number of imidazole rings is 1. The highest BCUT2D eigenvalue weighted by molar-refractivity contribution is 5.40. The Morgan fingerprint density at radius 3 is 2.75 bits per heavy atom. The van der Waals surface area contributed by atoms with Crippen LogP contribution in [0.2, 0.25) is 0 Å².